The van der Waals surface area contributed by atoms with Crippen molar-refractivity contribution in [2.75, 3.05) is 0 Å². The van der Waals surface area contributed by atoms with Crippen LogP contribution in [0.15, 0.2) is 12.3 Å². The van der Waals surface area contributed by atoms with E-state index in [9.17, 15) is 0 Å². The van der Waals surface area contributed by atoms with Gasteiger partial charge in [-0.2, -0.15) is 5.10 Å². The van der Waals surface area contributed by atoms with Gasteiger partial charge in [-0.3, -0.25) is 4.68 Å². The summed E-state index contributed by atoms with van der Waals surface area (Å²) in [5.74, 6) is 1.64. The molecule has 2 fully saturated rings. The molecule has 0 radical (unpaired) electrons. The molecule has 1 aromatic heterocycles. The fourth-order valence-corrected chi connectivity index (χ4v) is 2.82. The van der Waals surface area contributed by atoms with Gasteiger partial charge in [0.05, 0.1) is 11.7 Å². The molecule has 2 saturated carbocycles. The highest BCUT2D eigenvalue weighted by molar-refractivity contribution is 5.09. The maximum Gasteiger partial charge on any atom is 0.0655 e. The highest BCUT2D eigenvalue weighted by atomic mass is 15.3. The fourth-order valence-electron chi connectivity index (χ4n) is 2.82. The van der Waals surface area contributed by atoms with Gasteiger partial charge in [-0.25, -0.2) is 0 Å². The molecule has 1 heterocycles. The number of rotatable bonds is 2. The van der Waals surface area contributed by atoms with Crippen molar-refractivity contribution in [1.29, 1.82) is 0 Å². The molecule has 0 unspecified atom stereocenters. The van der Waals surface area contributed by atoms with E-state index in [2.05, 4.69) is 23.9 Å². The third-order valence-electron chi connectivity index (χ3n) is 3.90. The zero-order valence-electron chi connectivity index (χ0n) is 9.52. The molecule has 0 N–H and O–H groups in total. The van der Waals surface area contributed by atoms with Gasteiger partial charge in [0.25, 0.3) is 0 Å². The summed E-state index contributed by atoms with van der Waals surface area (Å²) < 4.78 is 2.19. The van der Waals surface area contributed by atoms with Gasteiger partial charge in [-0.15, -0.1) is 0 Å². The van der Waals surface area contributed by atoms with Crippen LogP contribution in [0.25, 0.3) is 0 Å². The highest BCUT2D eigenvalue weighted by Gasteiger charge is 2.26. The zero-order chi connectivity index (χ0) is 10.3. The molecular weight excluding hydrogens is 184 g/mol. The summed E-state index contributed by atoms with van der Waals surface area (Å²) in [5.41, 5.74) is 1.36. The molecule has 0 aliphatic heterocycles. The Balaban J connectivity index is 1.73. The van der Waals surface area contributed by atoms with Crippen LogP contribution in [0.4, 0.5) is 0 Å². The van der Waals surface area contributed by atoms with Crippen molar-refractivity contribution in [3.05, 3.63) is 18.0 Å². The Morgan fingerprint density at radius 1 is 1.27 bits per heavy atom. The first-order chi connectivity index (χ1) is 7.33. The Labute approximate surface area is 91.7 Å². The summed E-state index contributed by atoms with van der Waals surface area (Å²) in [6.45, 7) is 2.38. The Kier molecular flexibility index (Phi) is 2.30. The van der Waals surface area contributed by atoms with Gasteiger partial charge in [0, 0.05) is 12.1 Å². The Morgan fingerprint density at radius 3 is 2.87 bits per heavy atom. The van der Waals surface area contributed by atoms with Gasteiger partial charge in [0.1, 0.15) is 0 Å². The summed E-state index contributed by atoms with van der Waals surface area (Å²) in [6, 6.07) is 2.99. The van der Waals surface area contributed by atoms with Crippen LogP contribution in [-0.2, 0) is 0 Å². The molecular formula is C13H20N2. The molecule has 82 valence electrons. The molecule has 0 spiro atoms. The van der Waals surface area contributed by atoms with E-state index in [1.54, 1.807) is 0 Å². The highest BCUT2D eigenvalue weighted by Crippen LogP contribution is 2.37. The second kappa shape index (κ2) is 3.66. The first-order valence-electron chi connectivity index (χ1n) is 6.38. The number of hydrogen-bond acceptors (Lipinski definition) is 1. The lowest BCUT2D eigenvalue weighted by molar-refractivity contribution is 0.338. The number of aromatic nitrogens is 2. The summed E-state index contributed by atoms with van der Waals surface area (Å²) in [6.07, 6.45) is 10.4. The van der Waals surface area contributed by atoms with Crippen LogP contribution < -0.4 is 0 Å². The second-order valence-corrected chi connectivity index (χ2v) is 5.42. The van der Waals surface area contributed by atoms with E-state index in [-0.39, 0.29) is 0 Å². The standard InChI is InChI=1S/C13H20N2/c1-10-3-2-4-11(9-10)13-7-8-15(14-13)12-5-6-12/h7-8,10-12H,2-6,9H2,1H3/t10-,11+/m0/s1. The minimum atomic E-state index is 0.736. The molecule has 2 aliphatic carbocycles. The van der Waals surface area contributed by atoms with Crippen molar-refractivity contribution >= 4 is 0 Å². The molecule has 3 rings (SSSR count). The predicted molar refractivity (Wildman–Crippen MR) is 60.9 cm³/mol. The minimum absolute atomic E-state index is 0.736. The van der Waals surface area contributed by atoms with Gasteiger partial charge < -0.3 is 0 Å². The Hall–Kier alpha value is -0.790. The van der Waals surface area contributed by atoms with E-state index in [0.29, 0.717) is 0 Å². The van der Waals surface area contributed by atoms with Crippen LogP contribution >= 0.6 is 0 Å². The summed E-state index contributed by atoms with van der Waals surface area (Å²) in [5, 5.41) is 4.75. The van der Waals surface area contributed by atoms with E-state index in [4.69, 9.17) is 5.10 Å². The van der Waals surface area contributed by atoms with E-state index in [1.165, 1.54) is 44.2 Å². The van der Waals surface area contributed by atoms with Crippen molar-refractivity contribution in [1.82, 2.24) is 9.78 Å². The Bertz CT molecular complexity index is 338. The normalized spacial score (nSPS) is 31.8. The molecule has 2 aliphatic rings. The lowest BCUT2D eigenvalue weighted by Gasteiger charge is -2.25. The molecule has 15 heavy (non-hydrogen) atoms. The first kappa shape index (κ1) is 9.44. The maximum absolute atomic E-state index is 4.75. The number of hydrogen-bond donors (Lipinski definition) is 0. The van der Waals surface area contributed by atoms with Crippen molar-refractivity contribution < 1.29 is 0 Å². The third-order valence-corrected chi connectivity index (χ3v) is 3.90. The topological polar surface area (TPSA) is 17.8 Å². The molecule has 1 aromatic rings. The zero-order valence-corrected chi connectivity index (χ0v) is 9.52. The lowest BCUT2D eigenvalue weighted by Crippen LogP contribution is -2.12. The monoisotopic (exact) mass is 204 g/mol. The first-order valence-corrected chi connectivity index (χ1v) is 6.38. The molecule has 0 aromatic carbocycles. The minimum Gasteiger partial charge on any atom is -0.269 e. The van der Waals surface area contributed by atoms with Crippen molar-refractivity contribution in [2.45, 2.75) is 57.4 Å². The molecule has 2 nitrogen and oxygen atoms in total. The van der Waals surface area contributed by atoms with E-state index in [0.717, 1.165) is 17.9 Å². The molecule has 0 amide bonds. The smallest absolute Gasteiger partial charge is 0.0655 e. The van der Waals surface area contributed by atoms with Crippen LogP contribution in [0, 0.1) is 5.92 Å². The third kappa shape index (κ3) is 1.95. The van der Waals surface area contributed by atoms with Crippen molar-refractivity contribution in [3.8, 4) is 0 Å². The Morgan fingerprint density at radius 2 is 2.13 bits per heavy atom. The van der Waals surface area contributed by atoms with Gasteiger partial charge in [-0.1, -0.05) is 19.8 Å². The summed E-state index contributed by atoms with van der Waals surface area (Å²) in [4.78, 5) is 0. The fraction of sp³-hybridized carbons (Fsp3) is 0.769. The predicted octanol–water partition coefficient (Wildman–Crippen LogP) is 3.51. The second-order valence-electron chi connectivity index (χ2n) is 5.42. The molecule has 2 atom stereocenters. The summed E-state index contributed by atoms with van der Waals surface area (Å²) >= 11 is 0. The van der Waals surface area contributed by atoms with E-state index < -0.39 is 0 Å². The van der Waals surface area contributed by atoms with Crippen LogP contribution in [-0.4, -0.2) is 9.78 Å². The average Bonchev–Trinajstić information content (AvgIpc) is 2.97. The average molecular weight is 204 g/mol. The van der Waals surface area contributed by atoms with Gasteiger partial charge in [-0.05, 0) is 37.7 Å². The molecule has 2 heteroatoms. The van der Waals surface area contributed by atoms with Crippen LogP contribution in [0.3, 0.4) is 0 Å². The quantitative estimate of drug-likeness (QED) is 0.720. The molecule has 0 saturated heterocycles. The van der Waals surface area contributed by atoms with E-state index in [1.807, 2.05) is 0 Å². The maximum atomic E-state index is 4.75. The van der Waals surface area contributed by atoms with E-state index >= 15 is 0 Å². The van der Waals surface area contributed by atoms with Crippen molar-refractivity contribution in [3.63, 3.8) is 0 Å². The summed E-state index contributed by atoms with van der Waals surface area (Å²) in [7, 11) is 0. The molecule has 0 bridgehead atoms. The van der Waals surface area contributed by atoms with Gasteiger partial charge in [0.2, 0.25) is 0 Å². The van der Waals surface area contributed by atoms with Crippen LogP contribution in [0.5, 0.6) is 0 Å². The lowest BCUT2D eigenvalue weighted by atomic mass is 9.81. The largest absolute Gasteiger partial charge is 0.269 e. The SMILES string of the molecule is C[C@H]1CCC[C@@H](c2ccn(C3CC3)n2)C1. The van der Waals surface area contributed by atoms with Crippen LogP contribution in [0.1, 0.15) is 63.1 Å². The van der Waals surface area contributed by atoms with Crippen molar-refractivity contribution in [2.24, 2.45) is 5.92 Å². The number of nitrogens with zero attached hydrogens (tertiary/aromatic N) is 2. The van der Waals surface area contributed by atoms with Crippen LogP contribution in [0.2, 0.25) is 0 Å². The van der Waals surface area contributed by atoms with Gasteiger partial charge in [0.15, 0.2) is 0 Å². The van der Waals surface area contributed by atoms with Gasteiger partial charge >= 0.3 is 0 Å².